The fourth-order valence-corrected chi connectivity index (χ4v) is 5.27. The summed E-state index contributed by atoms with van der Waals surface area (Å²) in [6.45, 7) is 8.29. The molecule has 2 aromatic heterocycles. The van der Waals surface area contributed by atoms with Crippen LogP contribution < -0.4 is 0 Å². The zero-order chi connectivity index (χ0) is 18.7. The van der Waals surface area contributed by atoms with E-state index in [0.29, 0.717) is 6.54 Å². The Hall–Kier alpha value is -1.99. The molecule has 0 unspecified atom stereocenters. The number of rotatable bonds is 2. The molecule has 1 amide bonds. The lowest BCUT2D eigenvalue weighted by Crippen LogP contribution is -2.52. The number of hydrogen-bond donors (Lipinski definition) is 0. The number of nitrogens with zero attached hydrogens (tertiary/aromatic N) is 5. The van der Waals surface area contributed by atoms with Gasteiger partial charge in [-0.25, -0.2) is 9.50 Å². The molecule has 0 N–H and O–H groups in total. The molecular formula is C20H27N5O2. The summed E-state index contributed by atoms with van der Waals surface area (Å²) in [5.74, 6) is 0.242. The van der Waals surface area contributed by atoms with Crippen LogP contribution in [0.1, 0.15) is 49.7 Å². The first kappa shape index (κ1) is 17.1. The number of carbonyl (C=O) groups is 1. The quantitative estimate of drug-likeness (QED) is 0.807. The molecule has 0 aliphatic carbocycles. The van der Waals surface area contributed by atoms with Crippen molar-refractivity contribution >= 4 is 11.6 Å². The molecule has 2 bridgehead atoms. The van der Waals surface area contributed by atoms with Gasteiger partial charge < -0.3 is 9.64 Å². The second-order valence-corrected chi connectivity index (χ2v) is 8.42. The van der Waals surface area contributed by atoms with Gasteiger partial charge in [0.1, 0.15) is 0 Å². The molecular weight excluding hydrogens is 342 g/mol. The van der Waals surface area contributed by atoms with Crippen LogP contribution in [0.5, 0.6) is 0 Å². The third-order valence-corrected chi connectivity index (χ3v) is 6.17. The highest BCUT2D eigenvalue weighted by Crippen LogP contribution is 2.43. The molecule has 4 atom stereocenters. The van der Waals surface area contributed by atoms with Crippen LogP contribution in [0.15, 0.2) is 12.3 Å². The summed E-state index contributed by atoms with van der Waals surface area (Å²) < 4.78 is 7.79. The third-order valence-electron chi connectivity index (χ3n) is 6.17. The maximum absolute atomic E-state index is 13.2. The van der Waals surface area contributed by atoms with Gasteiger partial charge in [-0.1, -0.05) is 0 Å². The summed E-state index contributed by atoms with van der Waals surface area (Å²) in [7, 11) is 0. The molecule has 0 radical (unpaired) electrons. The summed E-state index contributed by atoms with van der Waals surface area (Å²) >= 11 is 0. The molecule has 5 heterocycles. The lowest BCUT2D eigenvalue weighted by Gasteiger charge is -2.39. The van der Waals surface area contributed by atoms with Crippen molar-refractivity contribution in [2.24, 2.45) is 0 Å². The zero-order valence-corrected chi connectivity index (χ0v) is 16.3. The first-order valence-corrected chi connectivity index (χ1v) is 10.0. The molecule has 2 fully saturated rings. The molecule has 3 aliphatic rings. The van der Waals surface area contributed by atoms with Crippen LogP contribution in [0, 0.1) is 6.92 Å². The minimum atomic E-state index is 0.142. The summed E-state index contributed by atoms with van der Waals surface area (Å²) in [6, 6.07) is 2.44. The van der Waals surface area contributed by atoms with Crippen LogP contribution in [-0.2, 0) is 16.0 Å². The number of morpholine rings is 1. The topological polar surface area (TPSA) is 63.0 Å². The number of aryl methyl sites for hydroxylation is 1. The number of fused-ring (bicyclic) bond motifs is 6. The van der Waals surface area contributed by atoms with Gasteiger partial charge >= 0.3 is 0 Å². The van der Waals surface area contributed by atoms with Crippen molar-refractivity contribution in [3.8, 4) is 0 Å². The molecule has 0 aromatic carbocycles. The van der Waals surface area contributed by atoms with E-state index < -0.39 is 0 Å². The van der Waals surface area contributed by atoms with E-state index in [1.54, 1.807) is 0 Å². The fraction of sp³-hybridized carbons (Fsp3) is 0.650. The highest BCUT2D eigenvalue weighted by atomic mass is 16.5. The molecule has 144 valence electrons. The van der Waals surface area contributed by atoms with E-state index >= 15 is 0 Å². The Kier molecular flexibility index (Phi) is 3.98. The normalized spacial score (nSPS) is 30.7. The Labute approximate surface area is 159 Å². The monoisotopic (exact) mass is 369 g/mol. The lowest BCUT2D eigenvalue weighted by atomic mass is 9.99. The molecule has 5 rings (SSSR count). The first-order valence-electron chi connectivity index (χ1n) is 10.0. The minimum Gasteiger partial charge on any atom is -0.373 e. The molecule has 0 spiro atoms. The predicted octanol–water partition coefficient (Wildman–Crippen LogP) is 1.74. The van der Waals surface area contributed by atoms with E-state index in [2.05, 4.69) is 33.7 Å². The number of carbonyl (C=O) groups excluding carboxylic acids is 1. The third kappa shape index (κ3) is 2.84. The highest BCUT2D eigenvalue weighted by Gasteiger charge is 2.44. The molecule has 2 saturated heterocycles. The van der Waals surface area contributed by atoms with Gasteiger partial charge in [0.25, 0.3) is 0 Å². The second kappa shape index (κ2) is 6.27. The maximum atomic E-state index is 13.2. The van der Waals surface area contributed by atoms with Crippen molar-refractivity contribution in [2.75, 3.05) is 19.6 Å². The van der Waals surface area contributed by atoms with Gasteiger partial charge in [0.05, 0.1) is 36.2 Å². The smallest absolute Gasteiger partial charge is 0.237 e. The molecule has 3 aliphatic heterocycles. The maximum Gasteiger partial charge on any atom is 0.237 e. The van der Waals surface area contributed by atoms with E-state index in [1.165, 1.54) is 11.3 Å². The van der Waals surface area contributed by atoms with Crippen molar-refractivity contribution in [1.29, 1.82) is 0 Å². The minimum absolute atomic E-state index is 0.142. The Morgan fingerprint density at radius 2 is 2.04 bits per heavy atom. The molecule has 7 nitrogen and oxygen atoms in total. The van der Waals surface area contributed by atoms with Gasteiger partial charge in [-0.05, 0) is 33.6 Å². The average molecular weight is 369 g/mol. The summed E-state index contributed by atoms with van der Waals surface area (Å²) in [5, 5.41) is 4.63. The number of hydrogen-bond acceptors (Lipinski definition) is 5. The van der Waals surface area contributed by atoms with Crippen LogP contribution in [0.25, 0.3) is 5.65 Å². The predicted molar refractivity (Wildman–Crippen MR) is 100 cm³/mol. The Morgan fingerprint density at radius 1 is 1.26 bits per heavy atom. The van der Waals surface area contributed by atoms with E-state index in [1.807, 2.05) is 23.7 Å². The summed E-state index contributed by atoms with van der Waals surface area (Å²) in [4.78, 5) is 22.2. The van der Waals surface area contributed by atoms with Crippen LogP contribution in [0.3, 0.4) is 0 Å². The van der Waals surface area contributed by atoms with Gasteiger partial charge in [-0.15, -0.1) is 0 Å². The van der Waals surface area contributed by atoms with Crippen molar-refractivity contribution < 1.29 is 9.53 Å². The second-order valence-electron chi connectivity index (χ2n) is 8.42. The molecule has 2 aromatic rings. The van der Waals surface area contributed by atoms with Crippen LogP contribution in [-0.4, -0.2) is 68.2 Å². The van der Waals surface area contributed by atoms with Gasteiger partial charge in [0.2, 0.25) is 5.91 Å². The zero-order valence-electron chi connectivity index (χ0n) is 16.3. The lowest BCUT2D eigenvalue weighted by molar-refractivity contribution is -0.139. The van der Waals surface area contributed by atoms with Gasteiger partial charge in [0.15, 0.2) is 5.65 Å². The fourth-order valence-electron chi connectivity index (χ4n) is 5.27. The van der Waals surface area contributed by atoms with Crippen molar-refractivity contribution in [3.63, 3.8) is 0 Å². The number of amides is 1. The van der Waals surface area contributed by atoms with Crippen molar-refractivity contribution in [1.82, 2.24) is 24.4 Å². The number of aromatic nitrogens is 3. The van der Waals surface area contributed by atoms with Gasteiger partial charge in [0, 0.05) is 43.4 Å². The SMILES string of the molecule is Cc1cc2ncc3c(n2n1)C[C@H]1CC[C@H]3N1C(=O)CN1C[C@@H](C)O[C@@H](C)C1. The summed E-state index contributed by atoms with van der Waals surface area (Å²) in [5.41, 5.74) is 4.30. The van der Waals surface area contributed by atoms with Gasteiger partial charge in [-0.3, -0.25) is 9.69 Å². The van der Waals surface area contributed by atoms with E-state index in [4.69, 9.17) is 4.74 Å². The number of ether oxygens (including phenoxy) is 1. The van der Waals surface area contributed by atoms with Crippen LogP contribution in [0.2, 0.25) is 0 Å². The van der Waals surface area contributed by atoms with Crippen molar-refractivity contribution in [2.45, 2.75) is 64.3 Å². The summed E-state index contributed by atoms with van der Waals surface area (Å²) in [6.07, 6.45) is 5.28. The van der Waals surface area contributed by atoms with Crippen molar-refractivity contribution in [3.05, 3.63) is 29.2 Å². The van der Waals surface area contributed by atoms with Gasteiger partial charge in [-0.2, -0.15) is 5.10 Å². The first-order chi connectivity index (χ1) is 13.0. The van der Waals surface area contributed by atoms with Crippen LogP contribution in [0.4, 0.5) is 0 Å². The Balaban J connectivity index is 1.41. The van der Waals surface area contributed by atoms with E-state index in [0.717, 1.165) is 43.7 Å². The van der Waals surface area contributed by atoms with E-state index in [9.17, 15) is 4.79 Å². The molecule has 0 saturated carbocycles. The average Bonchev–Trinajstić information content (AvgIpc) is 3.13. The van der Waals surface area contributed by atoms with E-state index in [-0.39, 0.29) is 30.2 Å². The standard InChI is InChI=1S/C20H27N5O2/c1-12-6-19-21-8-16-17-5-4-15(7-18(16)25(19)22-12)24(17)20(26)11-23-9-13(2)27-14(3)10-23/h6,8,13-15,17H,4-5,7,9-11H2,1-3H3/t13-,14+,15-,17-/m1/s1. The van der Waals surface area contributed by atoms with Crippen LogP contribution >= 0.6 is 0 Å². The Morgan fingerprint density at radius 3 is 2.81 bits per heavy atom. The molecule has 27 heavy (non-hydrogen) atoms. The Bertz CT molecular complexity index is 884. The largest absolute Gasteiger partial charge is 0.373 e. The molecule has 7 heteroatoms. The highest BCUT2D eigenvalue weighted by molar-refractivity contribution is 5.80.